The van der Waals surface area contributed by atoms with Crippen LogP contribution in [0.2, 0.25) is 0 Å². The van der Waals surface area contributed by atoms with E-state index in [4.69, 9.17) is 0 Å². The molecular weight excluding hydrogens is 201 g/mol. The van der Waals surface area contributed by atoms with E-state index in [1.165, 1.54) is 16.6 Å². The van der Waals surface area contributed by atoms with Crippen LogP contribution < -0.4 is 4.90 Å². The third kappa shape index (κ3) is 1.22. The number of rotatable bonds is 0. The summed E-state index contributed by atoms with van der Waals surface area (Å²) >= 11 is 0. The molecule has 0 radical (unpaired) electrons. The second-order valence-electron chi connectivity index (χ2n) is 4.65. The van der Waals surface area contributed by atoms with E-state index in [1.54, 1.807) is 12.1 Å². The Morgan fingerprint density at radius 1 is 1.25 bits per heavy atom. The van der Waals surface area contributed by atoms with Gasteiger partial charge in [-0.05, 0) is 34.5 Å². The summed E-state index contributed by atoms with van der Waals surface area (Å²) in [7, 11) is 2.11. The molecule has 0 spiro atoms. The van der Waals surface area contributed by atoms with Crippen LogP contribution in [0.15, 0.2) is 30.3 Å². The number of hydrogen-bond donors (Lipinski definition) is 0. The van der Waals surface area contributed by atoms with Crippen LogP contribution >= 0.6 is 0 Å². The minimum absolute atomic E-state index is 0.161. The summed E-state index contributed by atoms with van der Waals surface area (Å²) in [5.74, 6) is 0.362. The van der Waals surface area contributed by atoms with Gasteiger partial charge in [0.25, 0.3) is 0 Å². The Morgan fingerprint density at radius 2 is 2.06 bits per heavy atom. The van der Waals surface area contributed by atoms with Crippen molar-refractivity contribution in [1.29, 1.82) is 0 Å². The van der Waals surface area contributed by atoms with Gasteiger partial charge < -0.3 is 4.90 Å². The largest absolute Gasteiger partial charge is 0.374 e. The van der Waals surface area contributed by atoms with Crippen molar-refractivity contribution in [2.24, 2.45) is 0 Å². The highest BCUT2D eigenvalue weighted by molar-refractivity contribution is 5.92. The molecule has 1 aliphatic heterocycles. The van der Waals surface area contributed by atoms with Gasteiger partial charge in [-0.3, -0.25) is 0 Å². The highest BCUT2D eigenvalue weighted by Gasteiger charge is 2.24. The van der Waals surface area contributed by atoms with Crippen LogP contribution in [0.5, 0.6) is 0 Å². The first kappa shape index (κ1) is 9.64. The van der Waals surface area contributed by atoms with Crippen molar-refractivity contribution in [2.75, 3.05) is 18.5 Å². The van der Waals surface area contributed by atoms with Gasteiger partial charge in [0.05, 0.1) is 0 Å². The summed E-state index contributed by atoms with van der Waals surface area (Å²) in [6, 6.07) is 9.17. The lowest BCUT2D eigenvalue weighted by Gasteiger charge is -2.12. The third-order valence-corrected chi connectivity index (χ3v) is 3.45. The van der Waals surface area contributed by atoms with E-state index in [0.29, 0.717) is 5.92 Å². The quantitative estimate of drug-likeness (QED) is 0.649. The van der Waals surface area contributed by atoms with E-state index in [9.17, 15) is 4.39 Å². The number of hydrogen-bond acceptors (Lipinski definition) is 1. The first-order valence-corrected chi connectivity index (χ1v) is 5.60. The molecular formula is C14H14FN. The Hall–Kier alpha value is -1.57. The van der Waals surface area contributed by atoms with Crippen LogP contribution in [0.1, 0.15) is 18.4 Å². The zero-order chi connectivity index (χ0) is 11.3. The number of likely N-dealkylation sites (N-methyl/N-ethyl adjacent to an activating group) is 1. The van der Waals surface area contributed by atoms with Gasteiger partial charge >= 0.3 is 0 Å². The van der Waals surface area contributed by atoms with Crippen molar-refractivity contribution in [3.8, 4) is 0 Å². The summed E-state index contributed by atoms with van der Waals surface area (Å²) in [6.07, 6.45) is 0. The Balaban J connectivity index is 2.36. The van der Waals surface area contributed by atoms with Crippen LogP contribution in [0.25, 0.3) is 10.8 Å². The predicted molar refractivity (Wildman–Crippen MR) is 65.6 cm³/mol. The highest BCUT2D eigenvalue weighted by Crippen LogP contribution is 2.40. The molecule has 0 aromatic heterocycles. The normalized spacial score (nSPS) is 19.2. The summed E-state index contributed by atoms with van der Waals surface area (Å²) < 4.78 is 13.2. The molecule has 82 valence electrons. The van der Waals surface area contributed by atoms with Gasteiger partial charge in [-0.1, -0.05) is 19.1 Å². The predicted octanol–water partition coefficient (Wildman–Crippen LogP) is 3.53. The fourth-order valence-corrected chi connectivity index (χ4v) is 2.76. The number of anilines is 1. The maximum absolute atomic E-state index is 13.2. The van der Waals surface area contributed by atoms with Gasteiger partial charge in [-0.2, -0.15) is 0 Å². The Labute approximate surface area is 94.5 Å². The summed E-state index contributed by atoms with van der Waals surface area (Å²) in [5, 5.41) is 2.19. The lowest BCUT2D eigenvalue weighted by atomic mass is 9.96. The number of benzene rings is 2. The number of fused-ring (bicyclic) bond motifs is 3. The molecule has 16 heavy (non-hydrogen) atoms. The molecule has 0 bridgehead atoms. The highest BCUT2D eigenvalue weighted by atomic mass is 19.1. The van der Waals surface area contributed by atoms with E-state index in [2.05, 4.69) is 24.9 Å². The Morgan fingerprint density at radius 3 is 2.88 bits per heavy atom. The van der Waals surface area contributed by atoms with Crippen molar-refractivity contribution >= 4 is 16.5 Å². The smallest absolute Gasteiger partial charge is 0.123 e. The molecule has 1 unspecified atom stereocenters. The molecule has 0 N–H and O–H groups in total. The minimum atomic E-state index is -0.161. The molecule has 1 heterocycles. The van der Waals surface area contributed by atoms with Gasteiger partial charge in [-0.15, -0.1) is 0 Å². The topological polar surface area (TPSA) is 3.24 Å². The Bertz CT molecular complexity index is 562. The molecule has 2 aromatic rings. The van der Waals surface area contributed by atoms with Gasteiger partial charge in [0, 0.05) is 25.2 Å². The first-order chi connectivity index (χ1) is 7.66. The molecule has 2 aromatic carbocycles. The average Bonchev–Trinajstić information content (AvgIpc) is 2.54. The van der Waals surface area contributed by atoms with Gasteiger partial charge in [0.1, 0.15) is 5.82 Å². The fourth-order valence-electron chi connectivity index (χ4n) is 2.76. The van der Waals surface area contributed by atoms with Crippen LogP contribution in [0.4, 0.5) is 10.1 Å². The van der Waals surface area contributed by atoms with Crippen LogP contribution in [-0.4, -0.2) is 13.6 Å². The van der Waals surface area contributed by atoms with Crippen molar-refractivity contribution in [3.05, 3.63) is 41.7 Å². The van der Waals surface area contributed by atoms with E-state index in [0.717, 1.165) is 11.9 Å². The van der Waals surface area contributed by atoms with E-state index in [-0.39, 0.29) is 5.82 Å². The minimum Gasteiger partial charge on any atom is -0.374 e. The van der Waals surface area contributed by atoms with Crippen molar-refractivity contribution in [3.63, 3.8) is 0 Å². The van der Waals surface area contributed by atoms with Gasteiger partial charge in [0.15, 0.2) is 0 Å². The van der Waals surface area contributed by atoms with E-state index < -0.39 is 0 Å². The molecule has 0 fully saturated rings. The molecule has 0 saturated heterocycles. The maximum Gasteiger partial charge on any atom is 0.123 e. The average molecular weight is 215 g/mol. The SMILES string of the molecule is CC1CN(C)c2ccc3cc(F)ccc3c21. The number of nitrogens with zero attached hydrogens (tertiary/aromatic N) is 1. The molecule has 1 nitrogen and oxygen atoms in total. The summed E-state index contributed by atoms with van der Waals surface area (Å²) in [4.78, 5) is 2.27. The molecule has 0 amide bonds. The first-order valence-electron chi connectivity index (χ1n) is 5.60. The zero-order valence-corrected chi connectivity index (χ0v) is 9.50. The molecule has 1 aliphatic rings. The van der Waals surface area contributed by atoms with E-state index >= 15 is 0 Å². The van der Waals surface area contributed by atoms with Crippen LogP contribution in [0.3, 0.4) is 0 Å². The molecule has 2 heteroatoms. The molecule has 1 atom stereocenters. The van der Waals surface area contributed by atoms with Crippen molar-refractivity contribution < 1.29 is 4.39 Å². The summed E-state index contributed by atoms with van der Waals surface area (Å²) in [6.45, 7) is 3.27. The number of halogens is 1. The van der Waals surface area contributed by atoms with Crippen LogP contribution in [-0.2, 0) is 0 Å². The molecule has 0 aliphatic carbocycles. The van der Waals surface area contributed by atoms with Crippen LogP contribution in [0, 0.1) is 5.82 Å². The van der Waals surface area contributed by atoms with Gasteiger partial charge in [0.2, 0.25) is 0 Å². The second kappa shape index (κ2) is 3.21. The lowest BCUT2D eigenvalue weighted by molar-refractivity contribution is 0.629. The Kier molecular flexibility index (Phi) is 1.93. The maximum atomic E-state index is 13.2. The second-order valence-corrected chi connectivity index (χ2v) is 4.65. The monoisotopic (exact) mass is 215 g/mol. The summed E-state index contributed by atoms with van der Waals surface area (Å²) in [5.41, 5.74) is 2.65. The third-order valence-electron chi connectivity index (χ3n) is 3.45. The van der Waals surface area contributed by atoms with Crippen molar-refractivity contribution in [1.82, 2.24) is 0 Å². The lowest BCUT2D eigenvalue weighted by Crippen LogP contribution is -2.13. The van der Waals surface area contributed by atoms with Crippen molar-refractivity contribution in [2.45, 2.75) is 12.8 Å². The van der Waals surface area contributed by atoms with E-state index in [1.807, 2.05) is 12.1 Å². The standard InChI is InChI=1S/C14H14FN/c1-9-8-16(2)13-6-3-10-7-11(15)4-5-12(10)14(9)13/h3-7,9H,8H2,1-2H3. The fraction of sp³-hybridized carbons (Fsp3) is 0.286. The van der Waals surface area contributed by atoms with Gasteiger partial charge in [-0.25, -0.2) is 4.39 Å². The molecule has 3 rings (SSSR count). The molecule has 0 saturated carbocycles. The zero-order valence-electron chi connectivity index (χ0n) is 9.50.